The molecule has 0 aliphatic rings. The number of hydrogen-bond donors (Lipinski definition) is 1. The van der Waals surface area contributed by atoms with Crippen LogP contribution in [0.5, 0.6) is 0 Å². The number of aliphatic hydroxyl groups excluding tert-OH is 1. The van der Waals surface area contributed by atoms with Crippen molar-refractivity contribution in [3.05, 3.63) is 0 Å². The van der Waals surface area contributed by atoms with Gasteiger partial charge in [0.15, 0.2) is 0 Å². The summed E-state index contributed by atoms with van der Waals surface area (Å²) in [6.07, 6.45) is 0.744. The number of carbonyl (C=O) groups is 1. The van der Waals surface area contributed by atoms with E-state index in [0.29, 0.717) is 66.1 Å². The maximum absolute atomic E-state index is 11.7. The molecule has 0 aromatic carbocycles. The summed E-state index contributed by atoms with van der Waals surface area (Å²) in [5.74, 6) is -0.196. The molecule has 0 aliphatic heterocycles. The summed E-state index contributed by atoms with van der Waals surface area (Å²) in [4.78, 5) is 11.7. The number of rotatable bonds is 19. The summed E-state index contributed by atoms with van der Waals surface area (Å²) in [6.45, 7) is 10.5. The van der Waals surface area contributed by atoms with E-state index in [2.05, 4.69) is 0 Å². The number of hydrogen-bond acceptors (Lipinski definition) is 8. The zero-order valence-corrected chi connectivity index (χ0v) is 16.5. The fourth-order valence-corrected chi connectivity index (χ4v) is 1.58. The summed E-state index contributed by atoms with van der Waals surface area (Å²) in [5, 5.41) is 8.51. The molecule has 0 atom stereocenters. The van der Waals surface area contributed by atoms with E-state index in [-0.39, 0.29) is 19.2 Å². The largest absolute Gasteiger partial charge is 0.463 e. The standard InChI is InChI=1S/C18H36O8/c1-4-18(2,3)17(20)26-16-15-25-14-13-24-12-11-23-10-9-22-8-7-21-6-5-19/h19H,4-16H2,1-3H3. The van der Waals surface area contributed by atoms with Gasteiger partial charge in [-0.05, 0) is 20.3 Å². The first kappa shape index (κ1) is 25.2. The third kappa shape index (κ3) is 15.5. The van der Waals surface area contributed by atoms with E-state index < -0.39 is 5.41 Å². The van der Waals surface area contributed by atoms with Crippen LogP contribution in [0.1, 0.15) is 27.2 Å². The molecule has 0 fully saturated rings. The Morgan fingerprint density at radius 1 is 0.692 bits per heavy atom. The molecule has 0 bridgehead atoms. The van der Waals surface area contributed by atoms with E-state index in [4.69, 9.17) is 33.5 Å². The van der Waals surface area contributed by atoms with Crippen molar-refractivity contribution >= 4 is 5.97 Å². The molecule has 0 heterocycles. The van der Waals surface area contributed by atoms with Gasteiger partial charge in [-0.1, -0.05) is 6.92 Å². The molecular formula is C18H36O8. The highest BCUT2D eigenvalue weighted by Gasteiger charge is 2.26. The smallest absolute Gasteiger partial charge is 0.311 e. The summed E-state index contributed by atoms with van der Waals surface area (Å²) in [7, 11) is 0. The van der Waals surface area contributed by atoms with Crippen LogP contribution in [0, 0.1) is 5.41 Å². The van der Waals surface area contributed by atoms with Crippen LogP contribution in [-0.2, 0) is 33.2 Å². The van der Waals surface area contributed by atoms with Crippen molar-refractivity contribution in [3.8, 4) is 0 Å². The third-order valence-corrected chi connectivity index (χ3v) is 3.62. The van der Waals surface area contributed by atoms with Crippen LogP contribution in [0.2, 0.25) is 0 Å². The van der Waals surface area contributed by atoms with E-state index in [1.165, 1.54) is 0 Å². The van der Waals surface area contributed by atoms with Gasteiger partial charge in [0.1, 0.15) is 6.61 Å². The van der Waals surface area contributed by atoms with Crippen LogP contribution < -0.4 is 0 Å². The normalized spacial score (nSPS) is 11.7. The minimum absolute atomic E-state index is 0.0267. The summed E-state index contributed by atoms with van der Waals surface area (Å²) >= 11 is 0. The predicted molar refractivity (Wildman–Crippen MR) is 96.2 cm³/mol. The minimum Gasteiger partial charge on any atom is -0.463 e. The zero-order chi connectivity index (χ0) is 19.5. The van der Waals surface area contributed by atoms with Crippen molar-refractivity contribution in [2.45, 2.75) is 27.2 Å². The minimum atomic E-state index is -0.443. The molecule has 0 radical (unpaired) electrons. The molecule has 0 aliphatic carbocycles. The average molecular weight is 380 g/mol. The van der Waals surface area contributed by atoms with Crippen molar-refractivity contribution in [2.24, 2.45) is 5.41 Å². The second-order valence-electron chi connectivity index (χ2n) is 6.16. The first-order chi connectivity index (χ1) is 12.5. The summed E-state index contributed by atoms with van der Waals surface area (Å²) < 4.78 is 31.5. The number of esters is 1. The Kier molecular flexibility index (Phi) is 17.1. The van der Waals surface area contributed by atoms with Crippen molar-refractivity contribution < 1.29 is 38.3 Å². The highest BCUT2D eigenvalue weighted by molar-refractivity contribution is 5.75. The van der Waals surface area contributed by atoms with Crippen molar-refractivity contribution in [1.82, 2.24) is 0 Å². The Bertz CT molecular complexity index is 322. The Morgan fingerprint density at radius 2 is 1.04 bits per heavy atom. The van der Waals surface area contributed by atoms with Gasteiger partial charge in [0.2, 0.25) is 0 Å². The molecule has 0 saturated heterocycles. The van der Waals surface area contributed by atoms with Crippen LogP contribution in [0.15, 0.2) is 0 Å². The maximum Gasteiger partial charge on any atom is 0.311 e. The molecule has 156 valence electrons. The first-order valence-corrected chi connectivity index (χ1v) is 9.21. The molecule has 0 rings (SSSR count). The maximum atomic E-state index is 11.7. The monoisotopic (exact) mass is 380 g/mol. The van der Waals surface area contributed by atoms with E-state index in [0.717, 1.165) is 6.42 Å². The molecule has 0 spiro atoms. The molecular weight excluding hydrogens is 344 g/mol. The van der Waals surface area contributed by atoms with Crippen LogP contribution in [0.3, 0.4) is 0 Å². The second kappa shape index (κ2) is 17.6. The fourth-order valence-electron chi connectivity index (χ4n) is 1.58. The number of aliphatic hydroxyl groups is 1. The van der Waals surface area contributed by atoms with Crippen molar-refractivity contribution in [1.29, 1.82) is 0 Å². The molecule has 0 unspecified atom stereocenters. The second-order valence-corrected chi connectivity index (χ2v) is 6.16. The van der Waals surface area contributed by atoms with Crippen LogP contribution in [-0.4, -0.2) is 90.4 Å². The van der Waals surface area contributed by atoms with E-state index in [1.54, 1.807) is 0 Å². The van der Waals surface area contributed by atoms with Gasteiger partial charge in [-0.25, -0.2) is 0 Å². The van der Waals surface area contributed by atoms with Crippen LogP contribution in [0.25, 0.3) is 0 Å². The Hall–Kier alpha value is -0.770. The van der Waals surface area contributed by atoms with Gasteiger partial charge < -0.3 is 33.5 Å². The Morgan fingerprint density at radius 3 is 1.38 bits per heavy atom. The van der Waals surface area contributed by atoms with Crippen LogP contribution in [0.4, 0.5) is 0 Å². The fraction of sp³-hybridized carbons (Fsp3) is 0.944. The summed E-state index contributed by atoms with van der Waals surface area (Å²) in [6, 6.07) is 0. The van der Waals surface area contributed by atoms with Gasteiger partial charge in [-0.15, -0.1) is 0 Å². The third-order valence-electron chi connectivity index (χ3n) is 3.62. The molecule has 0 aromatic heterocycles. The quantitative estimate of drug-likeness (QED) is 0.262. The topological polar surface area (TPSA) is 92.7 Å². The Balaban J connectivity index is 3.17. The predicted octanol–water partition coefficient (Wildman–Crippen LogP) is 1.04. The highest BCUT2D eigenvalue weighted by Crippen LogP contribution is 2.21. The van der Waals surface area contributed by atoms with E-state index >= 15 is 0 Å². The molecule has 0 saturated carbocycles. The summed E-state index contributed by atoms with van der Waals surface area (Å²) in [5.41, 5.74) is -0.443. The molecule has 8 heteroatoms. The van der Waals surface area contributed by atoms with Gasteiger partial charge >= 0.3 is 5.97 Å². The lowest BCUT2D eigenvalue weighted by atomic mass is 9.91. The lowest BCUT2D eigenvalue weighted by molar-refractivity contribution is -0.155. The SMILES string of the molecule is CCC(C)(C)C(=O)OCCOCCOCCOCCOCCOCCO. The molecule has 1 N–H and O–H groups in total. The molecule has 0 amide bonds. The highest BCUT2D eigenvalue weighted by atomic mass is 16.6. The van der Waals surface area contributed by atoms with E-state index in [1.807, 2.05) is 20.8 Å². The molecule has 26 heavy (non-hydrogen) atoms. The molecule has 8 nitrogen and oxygen atoms in total. The van der Waals surface area contributed by atoms with E-state index in [9.17, 15) is 4.79 Å². The van der Waals surface area contributed by atoms with Crippen LogP contribution >= 0.6 is 0 Å². The van der Waals surface area contributed by atoms with Gasteiger partial charge in [-0.3, -0.25) is 4.79 Å². The van der Waals surface area contributed by atoms with Gasteiger partial charge in [0.25, 0.3) is 0 Å². The Labute approximate surface area is 157 Å². The van der Waals surface area contributed by atoms with Gasteiger partial charge in [-0.2, -0.15) is 0 Å². The first-order valence-electron chi connectivity index (χ1n) is 9.21. The van der Waals surface area contributed by atoms with Gasteiger partial charge in [0.05, 0.1) is 78.1 Å². The van der Waals surface area contributed by atoms with Crippen molar-refractivity contribution in [3.63, 3.8) is 0 Å². The molecule has 0 aromatic rings. The number of ether oxygens (including phenoxy) is 6. The lowest BCUT2D eigenvalue weighted by Crippen LogP contribution is -2.27. The van der Waals surface area contributed by atoms with Crippen molar-refractivity contribution in [2.75, 3.05) is 79.3 Å². The lowest BCUT2D eigenvalue weighted by Gasteiger charge is -2.20. The van der Waals surface area contributed by atoms with Gasteiger partial charge in [0, 0.05) is 0 Å². The average Bonchev–Trinajstić information content (AvgIpc) is 2.64. The number of carbonyl (C=O) groups excluding carboxylic acids is 1. The zero-order valence-electron chi connectivity index (χ0n) is 16.5.